The monoisotopic (exact) mass is 532 g/mol. The van der Waals surface area contributed by atoms with Gasteiger partial charge < -0.3 is 4.98 Å². The number of H-pyrrole nitrogens is 1. The number of rotatable bonds is 9. The second-order valence-corrected chi connectivity index (χ2v) is 11.1. The minimum atomic E-state index is -0.410. The molecule has 0 spiro atoms. The summed E-state index contributed by atoms with van der Waals surface area (Å²) < 4.78 is 2.00. The third-order valence-corrected chi connectivity index (χ3v) is 8.32. The lowest BCUT2D eigenvalue weighted by molar-refractivity contribution is 0.201. The van der Waals surface area contributed by atoms with Crippen molar-refractivity contribution in [2.45, 2.75) is 64.6 Å². The molecule has 5 aromatic rings. The van der Waals surface area contributed by atoms with Crippen molar-refractivity contribution in [2.75, 3.05) is 6.54 Å². The molecular formula is C33H36N6O. The Morgan fingerprint density at radius 1 is 0.925 bits per heavy atom. The van der Waals surface area contributed by atoms with Gasteiger partial charge in [0.25, 0.3) is 5.56 Å². The van der Waals surface area contributed by atoms with E-state index in [1.807, 2.05) is 23.7 Å². The number of hydrogen-bond acceptors (Lipinski definition) is 5. The number of aromatic amines is 1. The maximum atomic E-state index is 13.9. The Bertz CT molecular complexity index is 1640. The molecule has 1 atom stereocenters. The highest BCUT2D eigenvalue weighted by Crippen LogP contribution is 2.35. The van der Waals surface area contributed by atoms with Gasteiger partial charge in [-0.3, -0.25) is 9.69 Å². The third-order valence-electron chi connectivity index (χ3n) is 8.32. The lowest BCUT2D eigenvalue weighted by Crippen LogP contribution is -2.36. The van der Waals surface area contributed by atoms with E-state index in [-0.39, 0.29) is 11.6 Å². The maximum absolute atomic E-state index is 13.9. The van der Waals surface area contributed by atoms with Gasteiger partial charge in [0.2, 0.25) is 0 Å². The molecule has 2 heterocycles. The van der Waals surface area contributed by atoms with Crippen LogP contribution >= 0.6 is 0 Å². The smallest absolute Gasteiger partial charge is 0.253 e. The number of aromatic nitrogens is 5. The van der Waals surface area contributed by atoms with Crippen molar-refractivity contribution in [3.63, 3.8) is 0 Å². The molecule has 6 rings (SSSR count). The minimum absolute atomic E-state index is 0.0926. The number of benzene rings is 3. The molecule has 0 radical (unpaired) electrons. The average molecular weight is 533 g/mol. The van der Waals surface area contributed by atoms with Crippen molar-refractivity contribution >= 4 is 10.9 Å². The molecule has 2 aromatic heterocycles. The summed E-state index contributed by atoms with van der Waals surface area (Å²) in [4.78, 5) is 19.5. The van der Waals surface area contributed by atoms with Crippen LogP contribution in [0.3, 0.4) is 0 Å². The number of nitrogens with one attached hydrogen (secondary N) is 1. The molecule has 1 saturated carbocycles. The lowest BCUT2D eigenvalue weighted by Gasteiger charge is -2.32. The van der Waals surface area contributed by atoms with E-state index in [9.17, 15) is 4.79 Å². The van der Waals surface area contributed by atoms with E-state index in [1.54, 1.807) is 0 Å². The minimum Gasteiger partial charge on any atom is -0.321 e. The first-order valence-corrected chi connectivity index (χ1v) is 14.3. The van der Waals surface area contributed by atoms with Crippen LogP contribution in [0, 0.1) is 13.8 Å². The summed E-state index contributed by atoms with van der Waals surface area (Å²) in [6, 6.07) is 27.1. The fraction of sp³-hybridized carbons (Fsp3) is 0.333. The molecule has 0 saturated heterocycles. The Kier molecular flexibility index (Phi) is 7.55. The van der Waals surface area contributed by atoms with Gasteiger partial charge >= 0.3 is 0 Å². The highest BCUT2D eigenvalue weighted by molar-refractivity contribution is 5.85. The van der Waals surface area contributed by atoms with Crippen LogP contribution in [0.5, 0.6) is 0 Å². The van der Waals surface area contributed by atoms with Gasteiger partial charge in [-0.15, -0.1) is 5.10 Å². The summed E-state index contributed by atoms with van der Waals surface area (Å²) in [5.41, 5.74) is 6.11. The molecular weight excluding hydrogens is 496 g/mol. The number of nitrogens with zero attached hydrogens (tertiary/aromatic N) is 5. The van der Waals surface area contributed by atoms with Gasteiger partial charge in [0.05, 0.1) is 11.6 Å². The molecule has 204 valence electrons. The SMILES string of the molecule is Cc1ccc(C)c2[nH]c(=O)c([C@H](c3nnnn3C3CCCC3)N(CCc3ccccc3)Cc3ccccc3)cc12. The van der Waals surface area contributed by atoms with Crippen molar-refractivity contribution in [3.8, 4) is 0 Å². The number of pyridine rings is 1. The molecule has 7 nitrogen and oxygen atoms in total. The van der Waals surface area contributed by atoms with Gasteiger partial charge in [-0.2, -0.15) is 0 Å². The van der Waals surface area contributed by atoms with Gasteiger partial charge in [-0.05, 0) is 71.9 Å². The first-order valence-electron chi connectivity index (χ1n) is 14.3. The summed E-state index contributed by atoms with van der Waals surface area (Å²) in [5.74, 6) is 0.742. The number of tetrazole rings is 1. The van der Waals surface area contributed by atoms with Gasteiger partial charge in [-0.25, -0.2) is 4.68 Å². The largest absolute Gasteiger partial charge is 0.321 e. The van der Waals surface area contributed by atoms with Crippen LogP contribution in [0.1, 0.15) is 71.4 Å². The Labute approximate surface area is 234 Å². The lowest BCUT2D eigenvalue weighted by atomic mass is 9.98. The fourth-order valence-electron chi connectivity index (χ4n) is 6.12. The first-order chi connectivity index (χ1) is 19.6. The summed E-state index contributed by atoms with van der Waals surface area (Å²) in [5, 5.41) is 14.3. The van der Waals surface area contributed by atoms with Crippen molar-refractivity contribution in [1.29, 1.82) is 0 Å². The molecule has 0 aliphatic heterocycles. The van der Waals surface area contributed by atoms with E-state index < -0.39 is 6.04 Å². The van der Waals surface area contributed by atoms with Gasteiger partial charge in [0.1, 0.15) is 6.04 Å². The van der Waals surface area contributed by atoms with Crippen LogP contribution < -0.4 is 5.56 Å². The predicted molar refractivity (Wildman–Crippen MR) is 158 cm³/mol. The van der Waals surface area contributed by atoms with Crippen LogP contribution in [0.2, 0.25) is 0 Å². The third kappa shape index (κ3) is 5.34. The van der Waals surface area contributed by atoms with Crippen LogP contribution in [-0.2, 0) is 13.0 Å². The van der Waals surface area contributed by atoms with E-state index in [4.69, 9.17) is 0 Å². The van der Waals surface area contributed by atoms with Crippen molar-refractivity contribution < 1.29 is 0 Å². The van der Waals surface area contributed by atoms with E-state index in [1.165, 1.54) is 24.0 Å². The zero-order chi connectivity index (χ0) is 27.5. The molecule has 40 heavy (non-hydrogen) atoms. The molecule has 0 unspecified atom stereocenters. The van der Waals surface area contributed by atoms with E-state index >= 15 is 0 Å². The molecule has 1 aliphatic carbocycles. The molecule has 3 aromatic carbocycles. The van der Waals surface area contributed by atoms with Gasteiger partial charge in [0.15, 0.2) is 5.82 Å². The highest BCUT2D eigenvalue weighted by Gasteiger charge is 2.33. The topological polar surface area (TPSA) is 79.7 Å². The zero-order valence-electron chi connectivity index (χ0n) is 23.3. The van der Waals surface area contributed by atoms with E-state index in [2.05, 4.69) is 99.1 Å². The second-order valence-electron chi connectivity index (χ2n) is 11.1. The Balaban J connectivity index is 1.52. The number of fused-ring (bicyclic) bond motifs is 1. The standard InChI is InChI=1S/C33H36N6O/c1-23-17-18-24(2)30-28(23)21-29(33(40)34-30)31(32-35-36-37-39(32)27-15-9-10-16-27)38(22-26-13-7-4-8-14-26)20-19-25-11-5-3-6-12-25/h3-8,11-14,17-18,21,27,31H,9-10,15-16,19-20,22H2,1-2H3,(H,34,40)/t31-/m1/s1. The highest BCUT2D eigenvalue weighted by atomic mass is 16.1. The summed E-state index contributed by atoms with van der Waals surface area (Å²) in [6.45, 7) is 5.54. The molecule has 1 aliphatic rings. The van der Waals surface area contributed by atoms with Crippen LogP contribution in [0.4, 0.5) is 0 Å². The Hall–Kier alpha value is -4.10. The number of hydrogen-bond donors (Lipinski definition) is 1. The molecule has 1 N–H and O–H groups in total. The fourth-order valence-corrected chi connectivity index (χ4v) is 6.12. The van der Waals surface area contributed by atoms with Crippen molar-refractivity contribution in [1.82, 2.24) is 30.1 Å². The molecule has 0 bridgehead atoms. The maximum Gasteiger partial charge on any atom is 0.253 e. The Morgan fingerprint density at radius 2 is 1.60 bits per heavy atom. The van der Waals surface area contributed by atoms with Crippen LogP contribution in [0.25, 0.3) is 10.9 Å². The molecule has 1 fully saturated rings. The average Bonchev–Trinajstić information content (AvgIpc) is 3.68. The van der Waals surface area contributed by atoms with E-state index in [0.29, 0.717) is 12.1 Å². The zero-order valence-corrected chi connectivity index (χ0v) is 23.3. The predicted octanol–water partition coefficient (Wildman–Crippen LogP) is 6.08. The van der Waals surface area contributed by atoms with Crippen molar-refractivity contribution in [3.05, 3.63) is 123 Å². The van der Waals surface area contributed by atoms with E-state index in [0.717, 1.165) is 53.7 Å². The first kappa shape index (κ1) is 26.1. The molecule has 0 amide bonds. The van der Waals surface area contributed by atoms with Gasteiger partial charge in [0, 0.05) is 24.0 Å². The Morgan fingerprint density at radius 3 is 2.33 bits per heavy atom. The quantitative estimate of drug-likeness (QED) is 0.249. The van der Waals surface area contributed by atoms with Crippen molar-refractivity contribution in [2.24, 2.45) is 0 Å². The van der Waals surface area contributed by atoms with Gasteiger partial charge in [-0.1, -0.05) is 85.6 Å². The molecule has 7 heteroatoms. The van der Waals surface area contributed by atoms with Crippen LogP contribution in [0.15, 0.2) is 83.7 Å². The second kappa shape index (κ2) is 11.6. The summed E-state index contributed by atoms with van der Waals surface area (Å²) >= 11 is 0. The normalized spacial score (nSPS) is 14.8. The van der Waals surface area contributed by atoms with Crippen LogP contribution in [-0.4, -0.2) is 36.6 Å². The number of aryl methyl sites for hydroxylation is 2. The summed E-state index contributed by atoms with van der Waals surface area (Å²) in [6.07, 6.45) is 5.30. The summed E-state index contributed by atoms with van der Waals surface area (Å²) in [7, 11) is 0.